The Morgan fingerprint density at radius 2 is 1.90 bits per heavy atom. The first-order valence-corrected chi connectivity index (χ1v) is 7.73. The molecule has 1 N–H and O–H groups in total. The van der Waals surface area contributed by atoms with Gasteiger partial charge in [-0.1, -0.05) is 36.8 Å². The normalized spacial score (nSPS) is 23.9. The fourth-order valence-electron chi connectivity index (χ4n) is 3.04. The van der Waals surface area contributed by atoms with Gasteiger partial charge in [0.15, 0.2) is 0 Å². The van der Waals surface area contributed by atoms with E-state index in [0.29, 0.717) is 0 Å². The van der Waals surface area contributed by atoms with Crippen molar-refractivity contribution in [2.75, 3.05) is 20.6 Å². The van der Waals surface area contributed by atoms with Crippen LogP contribution in [0.3, 0.4) is 0 Å². The summed E-state index contributed by atoms with van der Waals surface area (Å²) in [6, 6.07) is 8.57. The Kier molecular flexibility index (Phi) is 5.01. The Hall–Kier alpha value is -1.39. The monoisotopic (exact) mass is 289 g/mol. The SMILES string of the molecule is CCC1NC(c2ccc(C)cc2)N(C(C)CN(C)C)C1=O. The predicted octanol–water partition coefficient (Wildman–Crippen LogP) is 2.15. The molecule has 3 unspecified atom stereocenters. The lowest BCUT2D eigenvalue weighted by Crippen LogP contribution is -2.43. The second kappa shape index (κ2) is 6.58. The molecule has 0 spiro atoms. The minimum absolute atomic E-state index is 0.0157. The molecule has 116 valence electrons. The lowest BCUT2D eigenvalue weighted by Gasteiger charge is -2.32. The Bertz CT molecular complexity index is 483. The highest BCUT2D eigenvalue weighted by Gasteiger charge is 2.40. The average molecular weight is 289 g/mol. The topological polar surface area (TPSA) is 35.6 Å². The zero-order valence-corrected chi connectivity index (χ0v) is 13.8. The lowest BCUT2D eigenvalue weighted by molar-refractivity contribution is -0.132. The van der Waals surface area contributed by atoms with Crippen LogP contribution in [-0.4, -0.2) is 48.4 Å². The quantitative estimate of drug-likeness (QED) is 0.902. The van der Waals surface area contributed by atoms with Crippen LogP contribution in [0.15, 0.2) is 24.3 Å². The van der Waals surface area contributed by atoms with E-state index >= 15 is 0 Å². The van der Waals surface area contributed by atoms with Crippen LogP contribution in [-0.2, 0) is 4.79 Å². The number of nitrogens with one attached hydrogen (secondary N) is 1. The van der Waals surface area contributed by atoms with Crippen molar-refractivity contribution in [1.29, 1.82) is 0 Å². The Morgan fingerprint density at radius 3 is 2.43 bits per heavy atom. The van der Waals surface area contributed by atoms with Crippen LogP contribution < -0.4 is 5.32 Å². The van der Waals surface area contributed by atoms with Crippen LogP contribution in [0.2, 0.25) is 0 Å². The van der Waals surface area contributed by atoms with Crippen LogP contribution in [0.25, 0.3) is 0 Å². The molecule has 0 aliphatic carbocycles. The minimum Gasteiger partial charge on any atom is -0.318 e. The maximum atomic E-state index is 12.7. The van der Waals surface area contributed by atoms with Crippen LogP contribution in [0, 0.1) is 6.92 Å². The number of rotatable bonds is 5. The molecule has 4 nitrogen and oxygen atoms in total. The van der Waals surface area contributed by atoms with Crippen molar-refractivity contribution < 1.29 is 4.79 Å². The van der Waals surface area contributed by atoms with E-state index in [1.54, 1.807) is 0 Å². The molecular weight excluding hydrogens is 262 g/mol. The molecule has 1 heterocycles. The highest BCUT2D eigenvalue weighted by atomic mass is 16.2. The summed E-state index contributed by atoms with van der Waals surface area (Å²) in [6.07, 6.45) is 0.810. The van der Waals surface area contributed by atoms with Crippen molar-refractivity contribution in [2.24, 2.45) is 0 Å². The maximum Gasteiger partial charge on any atom is 0.241 e. The molecule has 21 heavy (non-hydrogen) atoms. The lowest BCUT2D eigenvalue weighted by atomic mass is 10.1. The first kappa shape index (κ1) is 16.0. The number of benzene rings is 1. The Balaban J connectivity index is 2.27. The molecule has 2 rings (SSSR count). The maximum absolute atomic E-state index is 12.7. The number of amides is 1. The van der Waals surface area contributed by atoms with Crippen LogP contribution >= 0.6 is 0 Å². The Morgan fingerprint density at radius 1 is 1.29 bits per heavy atom. The van der Waals surface area contributed by atoms with Crippen molar-refractivity contribution in [3.05, 3.63) is 35.4 Å². The fraction of sp³-hybridized carbons (Fsp3) is 0.588. The zero-order chi connectivity index (χ0) is 15.6. The van der Waals surface area contributed by atoms with E-state index in [4.69, 9.17) is 0 Å². The third-order valence-electron chi connectivity index (χ3n) is 4.10. The second-order valence-corrected chi connectivity index (χ2v) is 6.30. The summed E-state index contributed by atoms with van der Waals surface area (Å²) in [4.78, 5) is 16.8. The van der Waals surface area contributed by atoms with Gasteiger partial charge in [-0.15, -0.1) is 0 Å². The molecule has 1 saturated heterocycles. The number of nitrogens with zero attached hydrogens (tertiary/aromatic N) is 2. The average Bonchev–Trinajstić information content (AvgIpc) is 2.75. The minimum atomic E-state index is -0.0686. The van der Waals surface area contributed by atoms with Gasteiger partial charge in [-0.05, 0) is 39.9 Å². The van der Waals surface area contributed by atoms with E-state index in [9.17, 15) is 4.79 Å². The molecule has 0 aromatic heterocycles. The van der Waals surface area contributed by atoms with Gasteiger partial charge in [0.05, 0.1) is 6.04 Å². The molecule has 1 aliphatic heterocycles. The second-order valence-electron chi connectivity index (χ2n) is 6.30. The van der Waals surface area contributed by atoms with E-state index in [0.717, 1.165) is 18.5 Å². The van der Waals surface area contributed by atoms with Gasteiger partial charge in [0.2, 0.25) is 5.91 Å². The standard InChI is InChI=1S/C17H27N3O/c1-6-15-17(21)20(13(3)11-19(4)5)16(18-15)14-9-7-12(2)8-10-14/h7-10,13,15-16,18H,6,11H2,1-5H3. The number of carbonyl (C=O) groups is 1. The molecule has 4 heteroatoms. The number of hydrogen-bond donors (Lipinski definition) is 1. The zero-order valence-electron chi connectivity index (χ0n) is 13.8. The molecule has 1 aromatic carbocycles. The summed E-state index contributed by atoms with van der Waals surface area (Å²) in [5, 5.41) is 3.49. The smallest absolute Gasteiger partial charge is 0.241 e. The van der Waals surface area contributed by atoms with Crippen molar-refractivity contribution >= 4 is 5.91 Å². The highest BCUT2D eigenvalue weighted by molar-refractivity contribution is 5.84. The van der Waals surface area contributed by atoms with Gasteiger partial charge in [-0.2, -0.15) is 0 Å². The number of likely N-dealkylation sites (N-methyl/N-ethyl adjacent to an activating group) is 1. The van der Waals surface area contributed by atoms with Crippen LogP contribution in [0.4, 0.5) is 0 Å². The van der Waals surface area contributed by atoms with Crippen LogP contribution in [0.1, 0.15) is 37.6 Å². The van der Waals surface area contributed by atoms with Gasteiger partial charge < -0.3 is 9.80 Å². The molecular formula is C17H27N3O. The summed E-state index contributed by atoms with van der Waals surface area (Å²) in [5.74, 6) is 0.220. The van der Waals surface area contributed by atoms with Crippen molar-refractivity contribution in [3.8, 4) is 0 Å². The van der Waals surface area contributed by atoms with E-state index in [2.05, 4.69) is 55.3 Å². The summed E-state index contributed by atoms with van der Waals surface area (Å²) in [5.41, 5.74) is 2.40. The van der Waals surface area contributed by atoms with Crippen LogP contribution in [0.5, 0.6) is 0 Å². The number of carbonyl (C=O) groups excluding carboxylic acids is 1. The van der Waals surface area contributed by atoms with E-state index in [1.165, 1.54) is 5.56 Å². The van der Waals surface area contributed by atoms with E-state index < -0.39 is 0 Å². The Labute approximate surface area is 128 Å². The number of hydrogen-bond acceptors (Lipinski definition) is 3. The molecule has 0 saturated carbocycles. The largest absolute Gasteiger partial charge is 0.318 e. The molecule has 1 fully saturated rings. The van der Waals surface area contributed by atoms with Crippen molar-refractivity contribution in [1.82, 2.24) is 15.1 Å². The summed E-state index contributed by atoms with van der Waals surface area (Å²) < 4.78 is 0. The summed E-state index contributed by atoms with van der Waals surface area (Å²) >= 11 is 0. The van der Waals surface area contributed by atoms with Gasteiger partial charge in [0.25, 0.3) is 0 Å². The highest BCUT2D eigenvalue weighted by Crippen LogP contribution is 2.29. The molecule has 0 bridgehead atoms. The third-order valence-corrected chi connectivity index (χ3v) is 4.10. The van der Waals surface area contributed by atoms with Gasteiger partial charge in [-0.25, -0.2) is 0 Å². The fourth-order valence-corrected chi connectivity index (χ4v) is 3.04. The van der Waals surface area contributed by atoms with Crippen molar-refractivity contribution in [2.45, 2.75) is 45.4 Å². The molecule has 3 atom stereocenters. The number of aryl methyl sites for hydroxylation is 1. The molecule has 0 radical (unpaired) electrons. The molecule has 1 amide bonds. The predicted molar refractivity (Wildman–Crippen MR) is 86.0 cm³/mol. The van der Waals surface area contributed by atoms with Gasteiger partial charge in [-0.3, -0.25) is 10.1 Å². The van der Waals surface area contributed by atoms with E-state index in [1.807, 2.05) is 19.0 Å². The summed E-state index contributed by atoms with van der Waals surface area (Å²) in [7, 11) is 4.09. The molecule has 1 aromatic rings. The van der Waals surface area contributed by atoms with E-state index in [-0.39, 0.29) is 24.2 Å². The van der Waals surface area contributed by atoms with Gasteiger partial charge in [0, 0.05) is 12.6 Å². The third kappa shape index (κ3) is 3.44. The first-order chi connectivity index (χ1) is 9.93. The van der Waals surface area contributed by atoms with Crippen molar-refractivity contribution in [3.63, 3.8) is 0 Å². The first-order valence-electron chi connectivity index (χ1n) is 7.73. The molecule has 1 aliphatic rings. The summed E-state index contributed by atoms with van der Waals surface area (Å²) in [6.45, 7) is 7.13. The van der Waals surface area contributed by atoms with Gasteiger partial charge >= 0.3 is 0 Å². The van der Waals surface area contributed by atoms with Gasteiger partial charge in [0.1, 0.15) is 6.17 Å².